The molecule has 4 nitrogen and oxygen atoms in total. The fourth-order valence-corrected chi connectivity index (χ4v) is 3.05. The van der Waals surface area contributed by atoms with E-state index in [4.69, 9.17) is 9.84 Å². The van der Waals surface area contributed by atoms with E-state index in [1.165, 1.54) is 30.6 Å². The van der Waals surface area contributed by atoms with Gasteiger partial charge < -0.3 is 14.7 Å². The highest BCUT2D eigenvalue weighted by Crippen LogP contribution is 2.25. The summed E-state index contributed by atoms with van der Waals surface area (Å²) in [6, 6.07) is 2.31. The van der Waals surface area contributed by atoms with Crippen molar-refractivity contribution in [2.24, 2.45) is 0 Å². The van der Waals surface area contributed by atoms with Crippen molar-refractivity contribution in [3.05, 3.63) is 16.3 Å². The van der Waals surface area contributed by atoms with Crippen molar-refractivity contribution in [1.29, 1.82) is 0 Å². The largest absolute Gasteiger partial charge is 0.492 e. The minimum Gasteiger partial charge on any atom is -0.492 e. The van der Waals surface area contributed by atoms with Crippen LogP contribution in [0, 0.1) is 0 Å². The van der Waals surface area contributed by atoms with Crippen molar-refractivity contribution in [3.8, 4) is 5.75 Å². The minimum absolute atomic E-state index is 0.298. The lowest BCUT2D eigenvalue weighted by Crippen LogP contribution is -2.37. The van der Waals surface area contributed by atoms with E-state index in [0.29, 0.717) is 23.3 Å². The molecule has 0 aliphatic carbocycles. The van der Waals surface area contributed by atoms with E-state index in [-0.39, 0.29) is 0 Å². The third-order valence-corrected chi connectivity index (χ3v) is 4.34. The molecule has 0 spiro atoms. The molecule has 100 valence electrons. The highest BCUT2D eigenvalue weighted by atomic mass is 32.1. The number of likely N-dealkylation sites (tertiary alicyclic amines) is 1. The van der Waals surface area contributed by atoms with Crippen molar-refractivity contribution in [2.75, 3.05) is 20.2 Å². The number of nitrogens with zero attached hydrogens (tertiary/aromatic N) is 1. The van der Waals surface area contributed by atoms with Crippen LogP contribution < -0.4 is 4.74 Å². The highest BCUT2D eigenvalue weighted by molar-refractivity contribution is 7.12. The van der Waals surface area contributed by atoms with Crippen LogP contribution in [0.25, 0.3) is 0 Å². The Labute approximate surface area is 111 Å². The lowest BCUT2D eigenvalue weighted by Gasteiger charge is -2.32. The molecule has 1 aromatic heterocycles. The van der Waals surface area contributed by atoms with Gasteiger partial charge in [-0.25, -0.2) is 4.79 Å². The Kier molecular flexibility index (Phi) is 4.60. The van der Waals surface area contributed by atoms with Gasteiger partial charge in [-0.15, -0.1) is 11.3 Å². The zero-order chi connectivity index (χ0) is 13.0. The first-order chi connectivity index (χ1) is 8.68. The summed E-state index contributed by atoms with van der Waals surface area (Å²) in [6.45, 7) is 1.75. The average molecular weight is 269 g/mol. The minimum atomic E-state index is -0.908. The van der Waals surface area contributed by atoms with Crippen LogP contribution in [0.15, 0.2) is 11.4 Å². The van der Waals surface area contributed by atoms with Gasteiger partial charge in [-0.3, -0.25) is 0 Å². The van der Waals surface area contributed by atoms with Gasteiger partial charge in [0.25, 0.3) is 0 Å². The molecule has 1 atom stereocenters. The zero-order valence-electron chi connectivity index (χ0n) is 10.6. The Morgan fingerprint density at radius 1 is 1.61 bits per heavy atom. The average Bonchev–Trinajstić information content (AvgIpc) is 2.80. The molecule has 0 saturated carbocycles. The van der Waals surface area contributed by atoms with Gasteiger partial charge in [-0.05, 0) is 44.3 Å². The first kappa shape index (κ1) is 13.4. The Balaban J connectivity index is 1.81. The summed E-state index contributed by atoms with van der Waals surface area (Å²) in [5.74, 6) is -0.402. The van der Waals surface area contributed by atoms with E-state index in [1.54, 1.807) is 11.4 Å². The van der Waals surface area contributed by atoms with Crippen LogP contribution in [0.3, 0.4) is 0 Å². The van der Waals surface area contributed by atoms with Crippen molar-refractivity contribution in [2.45, 2.75) is 31.7 Å². The van der Waals surface area contributed by atoms with Crippen LogP contribution in [0.2, 0.25) is 0 Å². The molecule has 18 heavy (non-hydrogen) atoms. The molecule has 1 fully saturated rings. The van der Waals surface area contributed by atoms with E-state index in [0.717, 1.165) is 13.0 Å². The fourth-order valence-electron chi connectivity index (χ4n) is 2.38. The number of piperidine rings is 1. The number of carboxylic acids is 1. The summed E-state index contributed by atoms with van der Waals surface area (Å²) in [7, 11) is 2.15. The maximum atomic E-state index is 10.9. The second-order valence-corrected chi connectivity index (χ2v) is 5.60. The number of hydrogen-bond donors (Lipinski definition) is 1. The summed E-state index contributed by atoms with van der Waals surface area (Å²) in [6.07, 6.45) is 4.75. The van der Waals surface area contributed by atoms with Gasteiger partial charge in [0.05, 0.1) is 6.61 Å². The maximum absolute atomic E-state index is 10.9. The molecule has 0 radical (unpaired) electrons. The molecule has 0 amide bonds. The summed E-state index contributed by atoms with van der Waals surface area (Å²) in [4.78, 5) is 13.6. The second-order valence-electron chi connectivity index (χ2n) is 4.69. The second kappa shape index (κ2) is 6.20. The molecule has 5 heteroatoms. The van der Waals surface area contributed by atoms with Crippen LogP contribution in [0.4, 0.5) is 0 Å². The van der Waals surface area contributed by atoms with Gasteiger partial charge in [-0.1, -0.05) is 6.42 Å². The Hall–Kier alpha value is -1.07. The molecule has 1 N–H and O–H groups in total. The molecule has 2 heterocycles. The van der Waals surface area contributed by atoms with Crippen molar-refractivity contribution in [1.82, 2.24) is 4.90 Å². The number of ether oxygens (including phenoxy) is 1. The fraction of sp³-hybridized carbons (Fsp3) is 0.615. The number of carbonyl (C=O) groups is 1. The first-order valence-electron chi connectivity index (χ1n) is 6.32. The van der Waals surface area contributed by atoms with E-state index in [1.807, 2.05) is 0 Å². The van der Waals surface area contributed by atoms with Gasteiger partial charge in [0.2, 0.25) is 0 Å². The van der Waals surface area contributed by atoms with E-state index < -0.39 is 5.97 Å². The number of carboxylic acid groups (broad SMARTS) is 1. The number of aromatic carboxylic acids is 1. The van der Waals surface area contributed by atoms with Gasteiger partial charge in [0.1, 0.15) is 5.75 Å². The molecule has 1 saturated heterocycles. The molecule has 0 bridgehead atoms. The monoisotopic (exact) mass is 269 g/mol. The molecule has 2 rings (SSSR count). The predicted molar refractivity (Wildman–Crippen MR) is 71.7 cm³/mol. The molecular weight excluding hydrogens is 250 g/mol. The van der Waals surface area contributed by atoms with Gasteiger partial charge in [0, 0.05) is 6.04 Å². The smallest absolute Gasteiger partial charge is 0.349 e. The van der Waals surface area contributed by atoms with Gasteiger partial charge >= 0.3 is 5.97 Å². The molecule has 1 unspecified atom stereocenters. The summed E-state index contributed by atoms with van der Waals surface area (Å²) < 4.78 is 5.59. The maximum Gasteiger partial charge on any atom is 0.349 e. The Bertz CT molecular complexity index is 405. The summed E-state index contributed by atoms with van der Waals surface area (Å²) >= 11 is 1.21. The third-order valence-electron chi connectivity index (χ3n) is 3.45. The van der Waals surface area contributed by atoms with Gasteiger partial charge in [0.15, 0.2) is 4.88 Å². The van der Waals surface area contributed by atoms with Crippen LogP contribution in [0.1, 0.15) is 35.4 Å². The molecule has 1 aliphatic heterocycles. The first-order valence-corrected chi connectivity index (χ1v) is 7.20. The number of thiophene rings is 1. The highest BCUT2D eigenvalue weighted by Gasteiger charge is 2.19. The Morgan fingerprint density at radius 3 is 3.17 bits per heavy atom. The van der Waals surface area contributed by atoms with Crippen molar-refractivity contribution >= 4 is 17.3 Å². The van der Waals surface area contributed by atoms with E-state index in [9.17, 15) is 4.79 Å². The van der Waals surface area contributed by atoms with Crippen LogP contribution in [-0.2, 0) is 0 Å². The third kappa shape index (κ3) is 3.23. The molecular formula is C13H19NO3S. The summed E-state index contributed by atoms with van der Waals surface area (Å²) in [5, 5.41) is 10.7. The summed E-state index contributed by atoms with van der Waals surface area (Å²) in [5.41, 5.74) is 0. The molecule has 1 aromatic rings. The number of rotatable bonds is 5. The quantitative estimate of drug-likeness (QED) is 0.893. The van der Waals surface area contributed by atoms with E-state index in [2.05, 4.69) is 11.9 Å². The van der Waals surface area contributed by atoms with Gasteiger partial charge in [-0.2, -0.15) is 0 Å². The van der Waals surface area contributed by atoms with Crippen molar-refractivity contribution in [3.63, 3.8) is 0 Å². The lowest BCUT2D eigenvalue weighted by atomic mass is 10.0. The molecule has 1 aliphatic rings. The topological polar surface area (TPSA) is 49.8 Å². The normalized spacial score (nSPS) is 20.8. The Morgan fingerprint density at radius 2 is 2.44 bits per heavy atom. The van der Waals surface area contributed by atoms with Crippen molar-refractivity contribution < 1.29 is 14.6 Å². The SMILES string of the molecule is CN1CCCCC1CCOc1ccsc1C(=O)O. The predicted octanol–water partition coefficient (Wildman–Crippen LogP) is 2.70. The van der Waals surface area contributed by atoms with Crippen LogP contribution in [-0.4, -0.2) is 42.2 Å². The number of hydrogen-bond acceptors (Lipinski definition) is 4. The van der Waals surface area contributed by atoms with E-state index >= 15 is 0 Å². The van der Waals surface area contributed by atoms with Crippen LogP contribution >= 0.6 is 11.3 Å². The van der Waals surface area contributed by atoms with Crippen LogP contribution in [0.5, 0.6) is 5.75 Å². The standard InChI is InChI=1S/C13H19NO3S/c1-14-7-3-2-4-10(14)5-8-17-11-6-9-18-12(11)13(15)16/h6,9-10H,2-5,7-8H2,1H3,(H,15,16). The zero-order valence-corrected chi connectivity index (χ0v) is 11.4. The lowest BCUT2D eigenvalue weighted by molar-refractivity contribution is 0.0697. The molecule has 0 aromatic carbocycles.